The number of nitrogens with zero attached hydrogens (tertiary/aromatic N) is 1. The number of aliphatic imine (C=N–C) groups is 1. The summed E-state index contributed by atoms with van der Waals surface area (Å²) in [5.74, 6) is 0.184. The standard InChI is InChI=1S/C16H26N4O2S/c1-12(2)20-23(21,22)11-10-18-16(17)19-15-9-5-7-13-6-3-4-8-14(13)15/h5,7,9,12,20H,3-4,6,8,10-11H2,1-2H3,(H3,17,18,19). The third-order valence-electron chi connectivity index (χ3n) is 3.72. The van der Waals surface area contributed by atoms with Gasteiger partial charge in [0.25, 0.3) is 0 Å². The second-order valence-electron chi connectivity index (χ2n) is 6.13. The third-order valence-corrected chi connectivity index (χ3v) is 5.27. The van der Waals surface area contributed by atoms with Crippen LogP contribution in [0.3, 0.4) is 0 Å². The molecule has 6 nitrogen and oxygen atoms in total. The summed E-state index contributed by atoms with van der Waals surface area (Å²) in [5, 5.41) is 3.11. The van der Waals surface area contributed by atoms with Gasteiger partial charge in [0.15, 0.2) is 5.96 Å². The summed E-state index contributed by atoms with van der Waals surface area (Å²) in [6, 6.07) is 6.03. The predicted molar refractivity (Wildman–Crippen MR) is 95.3 cm³/mol. The van der Waals surface area contributed by atoms with Gasteiger partial charge in [-0.1, -0.05) is 12.1 Å². The molecule has 0 aliphatic heterocycles. The van der Waals surface area contributed by atoms with Gasteiger partial charge < -0.3 is 11.1 Å². The molecule has 0 spiro atoms. The van der Waals surface area contributed by atoms with E-state index < -0.39 is 10.0 Å². The Labute approximate surface area is 138 Å². The fraction of sp³-hybridized carbons (Fsp3) is 0.562. The van der Waals surface area contributed by atoms with Crippen LogP contribution in [0.25, 0.3) is 0 Å². The molecule has 0 radical (unpaired) electrons. The first-order chi connectivity index (χ1) is 10.9. The fourth-order valence-electron chi connectivity index (χ4n) is 2.78. The first-order valence-corrected chi connectivity index (χ1v) is 9.70. The maximum absolute atomic E-state index is 11.7. The number of benzene rings is 1. The molecule has 0 saturated heterocycles. The normalized spacial score (nSPS) is 15.5. The Morgan fingerprint density at radius 3 is 2.78 bits per heavy atom. The molecule has 0 fully saturated rings. The number of rotatable bonds is 6. The highest BCUT2D eigenvalue weighted by atomic mass is 32.2. The van der Waals surface area contributed by atoms with Gasteiger partial charge in [0.2, 0.25) is 10.0 Å². The lowest BCUT2D eigenvalue weighted by atomic mass is 9.90. The van der Waals surface area contributed by atoms with Crippen molar-refractivity contribution in [2.45, 2.75) is 45.6 Å². The molecule has 0 unspecified atom stereocenters. The van der Waals surface area contributed by atoms with Gasteiger partial charge in [-0.05, 0) is 56.7 Å². The van der Waals surface area contributed by atoms with E-state index in [0.29, 0.717) is 0 Å². The molecule has 0 aromatic heterocycles. The summed E-state index contributed by atoms with van der Waals surface area (Å²) in [5.41, 5.74) is 9.53. The number of hydrogen-bond donors (Lipinski definition) is 3. The Morgan fingerprint density at radius 1 is 1.30 bits per heavy atom. The maximum atomic E-state index is 11.7. The minimum atomic E-state index is -3.30. The summed E-state index contributed by atoms with van der Waals surface area (Å²) >= 11 is 0. The van der Waals surface area contributed by atoms with Crippen molar-refractivity contribution in [3.05, 3.63) is 29.3 Å². The monoisotopic (exact) mass is 338 g/mol. The smallest absolute Gasteiger partial charge is 0.213 e. The molecule has 2 rings (SSSR count). The lowest BCUT2D eigenvalue weighted by molar-refractivity contribution is 0.570. The summed E-state index contributed by atoms with van der Waals surface area (Å²) < 4.78 is 26.0. The summed E-state index contributed by atoms with van der Waals surface area (Å²) in [6.07, 6.45) is 4.54. The molecule has 1 aromatic rings. The first-order valence-electron chi connectivity index (χ1n) is 8.05. The van der Waals surface area contributed by atoms with Gasteiger partial charge in [0.1, 0.15) is 0 Å². The molecule has 0 bridgehead atoms. The van der Waals surface area contributed by atoms with Crippen molar-refractivity contribution in [2.24, 2.45) is 10.7 Å². The molecule has 7 heteroatoms. The lowest BCUT2D eigenvalue weighted by Gasteiger charge is -2.19. The Bertz CT molecular complexity index is 669. The van der Waals surface area contributed by atoms with Gasteiger partial charge in [-0.3, -0.25) is 4.99 Å². The molecule has 23 heavy (non-hydrogen) atoms. The minimum Gasteiger partial charge on any atom is -0.370 e. The zero-order valence-electron chi connectivity index (χ0n) is 13.8. The van der Waals surface area contributed by atoms with Crippen LogP contribution in [0.15, 0.2) is 23.2 Å². The van der Waals surface area contributed by atoms with Crippen molar-refractivity contribution in [3.63, 3.8) is 0 Å². The quantitative estimate of drug-likeness (QED) is 0.542. The van der Waals surface area contributed by atoms with Crippen LogP contribution < -0.4 is 15.8 Å². The van der Waals surface area contributed by atoms with Gasteiger partial charge in [-0.2, -0.15) is 0 Å². The van der Waals surface area contributed by atoms with Crippen LogP contribution in [0.2, 0.25) is 0 Å². The van der Waals surface area contributed by atoms with E-state index in [9.17, 15) is 8.42 Å². The second kappa shape index (κ2) is 7.79. The van der Waals surface area contributed by atoms with Crippen molar-refractivity contribution in [1.29, 1.82) is 0 Å². The van der Waals surface area contributed by atoms with Gasteiger partial charge in [-0.15, -0.1) is 0 Å². The van der Waals surface area contributed by atoms with Crippen LogP contribution in [0.5, 0.6) is 0 Å². The van der Waals surface area contributed by atoms with Crippen LogP contribution in [0.1, 0.15) is 37.8 Å². The highest BCUT2D eigenvalue weighted by Gasteiger charge is 2.14. The van der Waals surface area contributed by atoms with E-state index in [-0.39, 0.29) is 24.3 Å². The molecule has 0 amide bonds. The fourth-order valence-corrected chi connectivity index (χ4v) is 3.95. The number of nitrogens with one attached hydrogen (secondary N) is 2. The first kappa shape index (κ1) is 17.7. The predicted octanol–water partition coefficient (Wildman–Crippen LogP) is 1.62. The van der Waals surface area contributed by atoms with Crippen LogP contribution in [0.4, 0.5) is 5.69 Å². The highest BCUT2D eigenvalue weighted by molar-refractivity contribution is 7.89. The largest absolute Gasteiger partial charge is 0.370 e. The van der Waals surface area contributed by atoms with Crippen molar-refractivity contribution in [2.75, 3.05) is 17.6 Å². The number of aryl methyl sites for hydroxylation is 1. The molecule has 1 aliphatic rings. The van der Waals surface area contributed by atoms with E-state index in [1.807, 2.05) is 12.1 Å². The molecule has 0 heterocycles. The number of nitrogens with two attached hydrogens (primary N) is 1. The van der Waals surface area contributed by atoms with E-state index >= 15 is 0 Å². The van der Waals surface area contributed by atoms with Crippen molar-refractivity contribution < 1.29 is 8.42 Å². The van der Waals surface area contributed by atoms with E-state index in [1.54, 1.807) is 13.8 Å². The van der Waals surface area contributed by atoms with Crippen LogP contribution in [-0.2, 0) is 22.9 Å². The molecule has 128 valence electrons. The Morgan fingerprint density at radius 2 is 2.04 bits per heavy atom. The number of anilines is 1. The Balaban J connectivity index is 1.96. The van der Waals surface area contributed by atoms with Crippen molar-refractivity contribution in [1.82, 2.24) is 4.72 Å². The average molecular weight is 338 g/mol. The molecule has 0 atom stereocenters. The average Bonchev–Trinajstić information content (AvgIpc) is 2.46. The third kappa shape index (κ3) is 5.51. The van der Waals surface area contributed by atoms with E-state index in [0.717, 1.165) is 18.5 Å². The van der Waals surface area contributed by atoms with Crippen LogP contribution in [0, 0.1) is 0 Å². The number of fused-ring (bicyclic) bond motifs is 1. The molecule has 0 saturated carbocycles. The lowest BCUT2D eigenvalue weighted by Crippen LogP contribution is -2.33. The topological polar surface area (TPSA) is 96.6 Å². The molecular formula is C16H26N4O2S. The molecule has 1 aromatic carbocycles. The zero-order chi connectivity index (χ0) is 16.9. The maximum Gasteiger partial charge on any atom is 0.213 e. The van der Waals surface area contributed by atoms with E-state index in [1.165, 1.54) is 24.0 Å². The van der Waals surface area contributed by atoms with Gasteiger partial charge in [0, 0.05) is 11.7 Å². The Hall–Kier alpha value is -1.60. The van der Waals surface area contributed by atoms with Gasteiger partial charge in [-0.25, -0.2) is 13.1 Å². The van der Waals surface area contributed by atoms with Gasteiger partial charge in [0.05, 0.1) is 12.3 Å². The Kier molecular flexibility index (Phi) is 6.01. The summed E-state index contributed by atoms with van der Waals surface area (Å²) in [4.78, 5) is 4.12. The summed E-state index contributed by atoms with van der Waals surface area (Å²) in [7, 11) is -3.30. The number of guanidine groups is 1. The van der Waals surface area contributed by atoms with Crippen molar-refractivity contribution >= 4 is 21.7 Å². The van der Waals surface area contributed by atoms with Crippen LogP contribution in [-0.4, -0.2) is 32.7 Å². The second-order valence-corrected chi connectivity index (χ2v) is 8.01. The number of hydrogen-bond acceptors (Lipinski definition) is 3. The minimum absolute atomic E-state index is 0.0690. The van der Waals surface area contributed by atoms with Crippen molar-refractivity contribution in [3.8, 4) is 0 Å². The molecule has 4 N–H and O–H groups in total. The molecular weight excluding hydrogens is 312 g/mol. The van der Waals surface area contributed by atoms with Crippen LogP contribution >= 0.6 is 0 Å². The summed E-state index contributed by atoms with van der Waals surface area (Å²) in [6.45, 7) is 3.71. The van der Waals surface area contributed by atoms with E-state index in [4.69, 9.17) is 5.73 Å². The van der Waals surface area contributed by atoms with E-state index in [2.05, 4.69) is 21.1 Å². The zero-order valence-corrected chi connectivity index (χ0v) is 14.6. The van der Waals surface area contributed by atoms with Gasteiger partial charge >= 0.3 is 0 Å². The molecule has 1 aliphatic carbocycles. The SMILES string of the molecule is CC(C)NS(=O)(=O)CCN=C(N)Nc1cccc2c1CCCC2. The number of sulfonamides is 1. The highest BCUT2D eigenvalue weighted by Crippen LogP contribution is 2.27.